The van der Waals surface area contributed by atoms with Gasteiger partial charge in [-0.25, -0.2) is 16.8 Å². The molecule has 7 nitrogen and oxygen atoms in total. The lowest BCUT2D eigenvalue weighted by Gasteiger charge is -2.22. The Hall–Kier alpha value is -2.23. The number of hydrogen-bond acceptors (Lipinski definition) is 5. The molecule has 0 aromatic heterocycles. The first-order valence-corrected chi connectivity index (χ1v) is 12.8. The molecule has 2 aromatic rings. The number of sulfone groups is 1. The van der Waals surface area contributed by atoms with Crippen molar-refractivity contribution in [3.05, 3.63) is 65.7 Å². The van der Waals surface area contributed by atoms with Crippen LogP contribution in [-0.2, 0) is 31.2 Å². The van der Waals surface area contributed by atoms with E-state index in [-0.39, 0.29) is 24.0 Å². The van der Waals surface area contributed by atoms with E-state index in [4.69, 9.17) is 0 Å². The Labute approximate surface area is 172 Å². The molecule has 0 spiro atoms. The quantitative estimate of drug-likeness (QED) is 0.646. The summed E-state index contributed by atoms with van der Waals surface area (Å²) in [6.07, 6.45) is 2.78. The van der Waals surface area contributed by atoms with Crippen LogP contribution in [0.5, 0.6) is 0 Å². The lowest BCUT2D eigenvalue weighted by molar-refractivity contribution is -0.122. The number of sulfonamides is 1. The van der Waals surface area contributed by atoms with Crippen molar-refractivity contribution in [2.45, 2.75) is 30.8 Å². The second-order valence-corrected chi connectivity index (χ2v) is 10.9. The van der Waals surface area contributed by atoms with Gasteiger partial charge in [-0.2, -0.15) is 4.31 Å². The van der Waals surface area contributed by atoms with E-state index < -0.39 is 25.8 Å². The monoisotopic (exact) mass is 438 g/mol. The summed E-state index contributed by atoms with van der Waals surface area (Å²) in [5, 5.41) is 2.84. The van der Waals surface area contributed by atoms with Gasteiger partial charge >= 0.3 is 0 Å². The molecule has 1 atom stereocenters. The van der Waals surface area contributed by atoms with Gasteiger partial charge in [-0.1, -0.05) is 49.4 Å². The lowest BCUT2D eigenvalue weighted by Crippen LogP contribution is -2.41. The molecule has 0 bridgehead atoms. The van der Waals surface area contributed by atoms with E-state index in [0.717, 1.165) is 27.9 Å². The molecule has 2 rings (SSSR count). The van der Waals surface area contributed by atoms with Gasteiger partial charge in [0.25, 0.3) is 0 Å². The van der Waals surface area contributed by atoms with E-state index in [0.29, 0.717) is 6.42 Å². The van der Waals surface area contributed by atoms with Gasteiger partial charge in [0.1, 0.15) is 0 Å². The molecule has 0 heterocycles. The minimum Gasteiger partial charge on any atom is -0.348 e. The lowest BCUT2D eigenvalue weighted by atomic mass is 10.0. The molecule has 158 valence electrons. The molecule has 0 fully saturated rings. The normalized spacial score (nSPS) is 13.2. The molecule has 2 aromatic carbocycles. The van der Waals surface area contributed by atoms with Crippen LogP contribution < -0.4 is 5.32 Å². The van der Waals surface area contributed by atoms with Crippen LogP contribution >= 0.6 is 0 Å². The van der Waals surface area contributed by atoms with Crippen LogP contribution in [0.25, 0.3) is 0 Å². The molecule has 29 heavy (non-hydrogen) atoms. The summed E-state index contributed by atoms with van der Waals surface area (Å²) in [6, 6.07) is 15.0. The van der Waals surface area contributed by atoms with Crippen molar-refractivity contribution in [2.24, 2.45) is 0 Å². The molecular weight excluding hydrogens is 412 g/mol. The van der Waals surface area contributed by atoms with Crippen LogP contribution in [0.2, 0.25) is 0 Å². The fourth-order valence-corrected chi connectivity index (χ4v) is 4.21. The Balaban J connectivity index is 2.11. The maximum Gasteiger partial charge on any atom is 0.235 e. The Morgan fingerprint density at radius 3 is 2.03 bits per heavy atom. The Kier molecular flexibility index (Phi) is 7.56. The number of rotatable bonds is 9. The summed E-state index contributed by atoms with van der Waals surface area (Å²) in [7, 11) is -6.88. The first kappa shape index (κ1) is 23.1. The zero-order chi connectivity index (χ0) is 21.7. The highest BCUT2D eigenvalue weighted by atomic mass is 32.2. The van der Waals surface area contributed by atoms with Gasteiger partial charge in [-0.15, -0.1) is 0 Å². The van der Waals surface area contributed by atoms with Gasteiger partial charge < -0.3 is 5.32 Å². The van der Waals surface area contributed by atoms with Gasteiger partial charge in [0.2, 0.25) is 15.9 Å². The van der Waals surface area contributed by atoms with Crippen LogP contribution in [0.15, 0.2) is 59.5 Å². The predicted octanol–water partition coefficient (Wildman–Crippen LogP) is 2.12. The molecule has 0 unspecified atom stereocenters. The van der Waals surface area contributed by atoms with Crippen LogP contribution in [0, 0.1) is 0 Å². The highest BCUT2D eigenvalue weighted by Gasteiger charge is 2.22. The van der Waals surface area contributed by atoms with Crippen molar-refractivity contribution >= 4 is 25.8 Å². The molecule has 0 aliphatic rings. The number of nitrogens with one attached hydrogen (secondary N) is 1. The predicted molar refractivity (Wildman–Crippen MR) is 112 cm³/mol. The molecule has 0 radical (unpaired) electrons. The highest BCUT2D eigenvalue weighted by molar-refractivity contribution is 7.90. The number of carbonyl (C=O) groups is 1. The Morgan fingerprint density at radius 1 is 0.966 bits per heavy atom. The van der Waals surface area contributed by atoms with E-state index in [1.54, 1.807) is 24.3 Å². The first-order chi connectivity index (χ1) is 13.5. The van der Waals surface area contributed by atoms with E-state index in [1.165, 1.54) is 12.1 Å². The van der Waals surface area contributed by atoms with Gasteiger partial charge in [0.05, 0.1) is 23.7 Å². The molecule has 1 N–H and O–H groups in total. The van der Waals surface area contributed by atoms with Gasteiger partial charge in [0, 0.05) is 12.8 Å². The number of nitrogens with zero attached hydrogens (tertiary/aromatic N) is 1. The second-order valence-electron chi connectivity index (χ2n) is 6.89. The van der Waals surface area contributed by atoms with E-state index in [1.807, 2.05) is 25.1 Å². The third-order valence-electron chi connectivity index (χ3n) is 4.44. The fourth-order valence-electron chi connectivity index (χ4n) is 2.85. The van der Waals surface area contributed by atoms with Crippen molar-refractivity contribution in [3.8, 4) is 0 Å². The summed E-state index contributed by atoms with van der Waals surface area (Å²) in [6.45, 7) is 1.69. The Bertz CT molecular complexity index is 1030. The van der Waals surface area contributed by atoms with Crippen molar-refractivity contribution in [2.75, 3.05) is 19.1 Å². The van der Waals surface area contributed by atoms with Crippen molar-refractivity contribution < 1.29 is 21.6 Å². The number of benzene rings is 2. The molecule has 0 aliphatic carbocycles. The Morgan fingerprint density at radius 2 is 1.55 bits per heavy atom. The average Bonchev–Trinajstić information content (AvgIpc) is 2.65. The van der Waals surface area contributed by atoms with Gasteiger partial charge in [-0.05, 0) is 29.7 Å². The zero-order valence-corrected chi connectivity index (χ0v) is 18.3. The minimum atomic E-state index is -3.58. The molecule has 1 amide bonds. The smallest absolute Gasteiger partial charge is 0.235 e. The first-order valence-electron chi connectivity index (χ1n) is 9.09. The zero-order valence-electron chi connectivity index (χ0n) is 16.7. The van der Waals surface area contributed by atoms with E-state index in [2.05, 4.69) is 5.32 Å². The SMILES string of the molecule is CC[C@@H](NC(=O)CN(Cc1ccccc1)S(C)(=O)=O)c1ccc(S(C)(=O)=O)cc1. The summed E-state index contributed by atoms with van der Waals surface area (Å²) in [4.78, 5) is 12.7. The maximum atomic E-state index is 12.5. The van der Waals surface area contributed by atoms with Crippen molar-refractivity contribution in [1.82, 2.24) is 9.62 Å². The van der Waals surface area contributed by atoms with Crippen LogP contribution in [0.3, 0.4) is 0 Å². The molecule has 0 aliphatic heterocycles. The van der Waals surface area contributed by atoms with Crippen LogP contribution in [0.4, 0.5) is 0 Å². The van der Waals surface area contributed by atoms with Crippen molar-refractivity contribution in [1.29, 1.82) is 0 Å². The maximum absolute atomic E-state index is 12.5. The fraction of sp³-hybridized carbons (Fsp3) is 0.350. The standard InChI is InChI=1S/C20H26N2O5S2/c1-4-19(17-10-12-18(13-11-17)28(2,24)25)21-20(23)15-22(29(3,26)27)14-16-8-6-5-7-9-16/h5-13,19H,4,14-15H2,1-3H3,(H,21,23)/t19-/m1/s1. The molecule has 0 saturated carbocycles. The van der Waals surface area contributed by atoms with E-state index >= 15 is 0 Å². The van der Waals surface area contributed by atoms with Gasteiger partial charge in [-0.3, -0.25) is 4.79 Å². The number of carbonyl (C=O) groups excluding carboxylic acids is 1. The summed E-state index contributed by atoms with van der Waals surface area (Å²) in [5.74, 6) is -0.426. The minimum absolute atomic E-state index is 0.104. The van der Waals surface area contributed by atoms with Gasteiger partial charge in [0.15, 0.2) is 9.84 Å². The summed E-state index contributed by atoms with van der Waals surface area (Å²) in [5.41, 5.74) is 1.54. The average molecular weight is 439 g/mol. The van der Waals surface area contributed by atoms with E-state index in [9.17, 15) is 21.6 Å². The van der Waals surface area contributed by atoms with Crippen LogP contribution in [0.1, 0.15) is 30.5 Å². The number of hydrogen-bond donors (Lipinski definition) is 1. The second kappa shape index (κ2) is 9.51. The third kappa shape index (κ3) is 6.95. The summed E-state index contributed by atoms with van der Waals surface area (Å²) < 4.78 is 48.5. The topological polar surface area (TPSA) is 101 Å². The molecular formula is C20H26N2O5S2. The molecule has 9 heteroatoms. The number of amides is 1. The third-order valence-corrected chi connectivity index (χ3v) is 6.77. The summed E-state index contributed by atoms with van der Waals surface area (Å²) >= 11 is 0. The molecule has 0 saturated heterocycles. The largest absolute Gasteiger partial charge is 0.348 e. The van der Waals surface area contributed by atoms with Crippen molar-refractivity contribution in [3.63, 3.8) is 0 Å². The van der Waals surface area contributed by atoms with Crippen LogP contribution in [-0.4, -0.2) is 46.1 Å². The highest BCUT2D eigenvalue weighted by Crippen LogP contribution is 2.19.